The van der Waals surface area contributed by atoms with Gasteiger partial charge in [-0.05, 0) is 18.3 Å². The van der Waals surface area contributed by atoms with E-state index in [1.54, 1.807) is 19.1 Å². The van der Waals surface area contributed by atoms with Crippen molar-refractivity contribution in [3.63, 3.8) is 0 Å². The van der Waals surface area contributed by atoms with Gasteiger partial charge in [0.15, 0.2) is 11.5 Å². The van der Waals surface area contributed by atoms with Gasteiger partial charge in [-0.1, -0.05) is 25.2 Å². The van der Waals surface area contributed by atoms with E-state index < -0.39 is 23.6 Å². The molecule has 2 aromatic rings. The molecule has 0 aromatic carbocycles. The maximum absolute atomic E-state index is 13.4. The third-order valence-corrected chi connectivity index (χ3v) is 6.11. The van der Waals surface area contributed by atoms with Gasteiger partial charge in [0, 0.05) is 24.7 Å². The molecule has 1 saturated heterocycles. The summed E-state index contributed by atoms with van der Waals surface area (Å²) in [7, 11) is 0. The van der Waals surface area contributed by atoms with Crippen LogP contribution in [-0.4, -0.2) is 63.4 Å². The van der Waals surface area contributed by atoms with Gasteiger partial charge in [0.2, 0.25) is 0 Å². The molecular weight excluding hydrogens is 427 g/mol. The predicted molar refractivity (Wildman–Crippen MR) is 112 cm³/mol. The molecule has 11 heteroatoms. The average Bonchev–Trinajstić information content (AvgIpc) is 3.12. The van der Waals surface area contributed by atoms with Gasteiger partial charge >= 0.3 is 6.18 Å². The highest BCUT2D eigenvalue weighted by atomic mass is 19.4. The van der Waals surface area contributed by atoms with E-state index in [-0.39, 0.29) is 25.7 Å². The maximum Gasteiger partial charge on any atom is 0.412 e. The highest BCUT2D eigenvalue weighted by Gasteiger charge is 2.40. The van der Waals surface area contributed by atoms with E-state index in [2.05, 4.69) is 10.1 Å². The Labute approximate surface area is 182 Å². The van der Waals surface area contributed by atoms with Gasteiger partial charge in [0.25, 0.3) is 0 Å². The zero-order valence-electron chi connectivity index (χ0n) is 17.6. The molecule has 8 nitrogen and oxygen atoms in total. The van der Waals surface area contributed by atoms with Crippen molar-refractivity contribution in [1.29, 1.82) is 0 Å². The molecule has 2 aliphatic rings. The minimum atomic E-state index is -4.41. The van der Waals surface area contributed by atoms with Crippen molar-refractivity contribution in [2.75, 3.05) is 36.9 Å². The van der Waals surface area contributed by atoms with Crippen LogP contribution in [0.1, 0.15) is 18.3 Å². The van der Waals surface area contributed by atoms with Crippen molar-refractivity contribution >= 4 is 17.2 Å². The molecule has 3 atom stereocenters. The standard InChI is InChI=1S/C21H26F3N5O3/c1-12-13(3-2-4-15(12)21(22,23)24)7-18-17(11-31)26-20-16(25)8-19(27-29(18)20)28-5-6-32-14(9-28)10-30/h2-4,8,12-14,30-31H,5-7,9-11,25H2,1H3/t12?,13?,14-/m0/s1. The molecule has 0 radical (unpaired) electrons. The van der Waals surface area contributed by atoms with Crippen molar-refractivity contribution in [3.8, 4) is 0 Å². The fourth-order valence-corrected chi connectivity index (χ4v) is 4.31. The Hall–Kier alpha value is -2.63. The number of morpholine rings is 1. The highest BCUT2D eigenvalue weighted by molar-refractivity contribution is 5.69. The molecule has 2 aromatic heterocycles. The second-order valence-electron chi connectivity index (χ2n) is 8.14. The summed E-state index contributed by atoms with van der Waals surface area (Å²) in [6.07, 6.45) is -0.282. The molecule has 4 N–H and O–H groups in total. The molecule has 0 saturated carbocycles. The number of aromatic nitrogens is 3. The van der Waals surface area contributed by atoms with E-state index in [0.29, 0.717) is 48.2 Å². The minimum absolute atomic E-state index is 0.125. The molecule has 1 aliphatic heterocycles. The lowest BCUT2D eigenvalue weighted by Crippen LogP contribution is -2.44. The molecule has 174 valence electrons. The number of aliphatic hydroxyl groups excluding tert-OH is 2. The second kappa shape index (κ2) is 8.72. The van der Waals surface area contributed by atoms with Crippen LogP contribution in [0.3, 0.4) is 0 Å². The van der Waals surface area contributed by atoms with Gasteiger partial charge in [0.05, 0.1) is 43.0 Å². The number of ether oxygens (including phenoxy) is 1. The molecular formula is C21H26F3N5O3. The molecule has 0 bridgehead atoms. The number of anilines is 2. The van der Waals surface area contributed by atoms with Gasteiger partial charge in [-0.2, -0.15) is 13.2 Å². The van der Waals surface area contributed by atoms with Gasteiger partial charge in [-0.25, -0.2) is 9.50 Å². The lowest BCUT2D eigenvalue weighted by Gasteiger charge is -2.33. The minimum Gasteiger partial charge on any atom is -0.396 e. The number of halogens is 3. The molecule has 4 rings (SSSR count). The number of alkyl halides is 3. The Morgan fingerprint density at radius 3 is 2.78 bits per heavy atom. The van der Waals surface area contributed by atoms with Crippen LogP contribution in [0.15, 0.2) is 29.9 Å². The number of nitrogens with zero attached hydrogens (tertiary/aromatic N) is 4. The molecule has 32 heavy (non-hydrogen) atoms. The molecule has 3 heterocycles. The first-order chi connectivity index (χ1) is 15.2. The van der Waals surface area contributed by atoms with Crippen LogP contribution in [0.5, 0.6) is 0 Å². The van der Waals surface area contributed by atoms with Crippen LogP contribution in [0.4, 0.5) is 24.7 Å². The summed E-state index contributed by atoms with van der Waals surface area (Å²) in [5.74, 6) is -0.666. The number of imidazole rings is 1. The van der Waals surface area contributed by atoms with E-state index in [0.717, 1.165) is 6.08 Å². The monoisotopic (exact) mass is 453 g/mol. The summed E-state index contributed by atoms with van der Waals surface area (Å²) in [5, 5.41) is 23.9. The number of nitrogen functional groups attached to an aromatic ring is 1. The van der Waals surface area contributed by atoms with Crippen molar-refractivity contribution in [2.24, 2.45) is 11.8 Å². The number of fused-ring (bicyclic) bond motifs is 1. The largest absolute Gasteiger partial charge is 0.412 e. The third kappa shape index (κ3) is 4.19. The van der Waals surface area contributed by atoms with Crippen LogP contribution < -0.4 is 10.6 Å². The summed E-state index contributed by atoms with van der Waals surface area (Å²) >= 11 is 0. The Morgan fingerprint density at radius 1 is 1.31 bits per heavy atom. The number of nitrogens with two attached hydrogens (primary N) is 1. The molecule has 1 aliphatic carbocycles. The van der Waals surface area contributed by atoms with Crippen LogP contribution in [0.2, 0.25) is 0 Å². The van der Waals surface area contributed by atoms with Gasteiger partial charge in [-0.15, -0.1) is 5.10 Å². The van der Waals surface area contributed by atoms with E-state index >= 15 is 0 Å². The summed E-state index contributed by atoms with van der Waals surface area (Å²) in [4.78, 5) is 6.31. The first kappa shape index (κ1) is 22.6. The summed E-state index contributed by atoms with van der Waals surface area (Å²) in [5.41, 5.74) is 7.18. The van der Waals surface area contributed by atoms with Crippen LogP contribution >= 0.6 is 0 Å². The fourth-order valence-electron chi connectivity index (χ4n) is 4.31. The zero-order valence-corrected chi connectivity index (χ0v) is 17.6. The first-order valence-electron chi connectivity index (χ1n) is 10.4. The van der Waals surface area contributed by atoms with Crippen LogP contribution in [-0.2, 0) is 17.8 Å². The SMILES string of the molecule is CC1C(C(F)(F)F)=CC=CC1Cc1c(CO)nc2c(N)cc(N3CCO[C@H](CO)C3)nn12. The van der Waals surface area contributed by atoms with Crippen molar-refractivity contribution in [1.82, 2.24) is 14.6 Å². The number of allylic oxidation sites excluding steroid dienone is 4. The van der Waals surface area contributed by atoms with Crippen molar-refractivity contribution < 1.29 is 28.1 Å². The molecule has 1 fully saturated rings. The maximum atomic E-state index is 13.4. The van der Waals surface area contributed by atoms with Gasteiger partial charge < -0.3 is 25.6 Å². The van der Waals surface area contributed by atoms with Gasteiger partial charge in [-0.3, -0.25) is 0 Å². The first-order valence-corrected chi connectivity index (χ1v) is 10.4. The van der Waals surface area contributed by atoms with E-state index in [4.69, 9.17) is 10.5 Å². The number of aliphatic hydroxyl groups is 2. The second-order valence-corrected chi connectivity index (χ2v) is 8.14. The summed E-state index contributed by atoms with van der Waals surface area (Å²) in [6, 6.07) is 1.67. The Kier molecular flexibility index (Phi) is 6.15. The molecule has 2 unspecified atom stereocenters. The fraction of sp³-hybridized carbons (Fsp3) is 0.524. The predicted octanol–water partition coefficient (Wildman–Crippen LogP) is 1.85. The Balaban J connectivity index is 1.70. The Morgan fingerprint density at radius 2 is 2.09 bits per heavy atom. The smallest absolute Gasteiger partial charge is 0.396 e. The quantitative estimate of drug-likeness (QED) is 0.634. The molecule has 0 amide bonds. The van der Waals surface area contributed by atoms with Gasteiger partial charge in [0.1, 0.15) is 0 Å². The number of hydrogen-bond donors (Lipinski definition) is 3. The number of rotatable bonds is 5. The van der Waals surface area contributed by atoms with Crippen molar-refractivity contribution in [3.05, 3.63) is 41.3 Å². The lowest BCUT2D eigenvalue weighted by atomic mass is 9.80. The number of hydrogen-bond acceptors (Lipinski definition) is 7. The van der Waals surface area contributed by atoms with E-state index in [1.165, 1.54) is 10.6 Å². The van der Waals surface area contributed by atoms with E-state index in [9.17, 15) is 23.4 Å². The third-order valence-electron chi connectivity index (χ3n) is 6.11. The summed E-state index contributed by atoms with van der Waals surface area (Å²) < 4.78 is 47.2. The highest BCUT2D eigenvalue weighted by Crippen LogP contribution is 2.39. The normalized spacial score (nSPS) is 24.2. The van der Waals surface area contributed by atoms with Crippen LogP contribution in [0.25, 0.3) is 5.65 Å². The summed E-state index contributed by atoms with van der Waals surface area (Å²) in [6.45, 7) is 2.43. The Bertz CT molecular complexity index is 1050. The lowest BCUT2D eigenvalue weighted by molar-refractivity contribution is -0.100. The molecule has 0 spiro atoms. The topological polar surface area (TPSA) is 109 Å². The van der Waals surface area contributed by atoms with E-state index in [1.807, 2.05) is 4.90 Å². The van der Waals surface area contributed by atoms with Crippen molar-refractivity contribution in [2.45, 2.75) is 32.2 Å². The average molecular weight is 453 g/mol. The van der Waals surface area contributed by atoms with Crippen LogP contribution in [0, 0.1) is 11.8 Å². The zero-order chi connectivity index (χ0) is 23.0.